The zero-order valence-electron chi connectivity index (χ0n) is 14.6. The standard InChI is InChI=1S/C18H25N3O2/c1-11(2)21-12(3)9-15(14(21)5)18(22)20-8-6-7-17(20)16-10-13(4)23-19-16/h9-11,17H,6-8H2,1-5H3/t17-/m1/s1. The maximum atomic E-state index is 13.1. The molecule has 0 saturated carbocycles. The van der Waals surface area contributed by atoms with Gasteiger partial charge in [0.2, 0.25) is 0 Å². The third kappa shape index (κ3) is 2.69. The van der Waals surface area contributed by atoms with Crippen LogP contribution >= 0.6 is 0 Å². The minimum Gasteiger partial charge on any atom is -0.361 e. The Hall–Kier alpha value is -2.04. The van der Waals surface area contributed by atoms with E-state index in [0.29, 0.717) is 6.04 Å². The van der Waals surface area contributed by atoms with Crippen LogP contribution in [-0.4, -0.2) is 27.1 Å². The van der Waals surface area contributed by atoms with Crippen molar-refractivity contribution in [2.45, 2.75) is 59.5 Å². The van der Waals surface area contributed by atoms with Crippen molar-refractivity contribution in [1.29, 1.82) is 0 Å². The molecule has 1 fully saturated rings. The van der Waals surface area contributed by atoms with Gasteiger partial charge in [-0.15, -0.1) is 0 Å². The largest absolute Gasteiger partial charge is 0.361 e. The summed E-state index contributed by atoms with van der Waals surface area (Å²) >= 11 is 0. The minimum atomic E-state index is 0.0297. The van der Waals surface area contributed by atoms with E-state index in [2.05, 4.69) is 30.5 Å². The van der Waals surface area contributed by atoms with Gasteiger partial charge in [0.05, 0.1) is 11.6 Å². The Morgan fingerprint density at radius 1 is 1.30 bits per heavy atom. The second-order valence-corrected chi connectivity index (χ2v) is 6.77. The van der Waals surface area contributed by atoms with Crippen LogP contribution in [0.15, 0.2) is 16.7 Å². The number of aryl methyl sites for hydroxylation is 2. The van der Waals surface area contributed by atoms with Gasteiger partial charge in [-0.05, 0) is 53.5 Å². The van der Waals surface area contributed by atoms with Gasteiger partial charge in [0, 0.05) is 30.0 Å². The molecule has 23 heavy (non-hydrogen) atoms. The molecule has 0 bridgehead atoms. The summed E-state index contributed by atoms with van der Waals surface area (Å²) in [4.78, 5) is 15.0. The van der Waals surface area contributed by atoms with Crippen molar-refractivity contribution in [2.75, 3.05) is 6.54 Å². The van der Waals surface area contributed by atoms with Crippen LogP contribution in [0.1, 0.15) is 72.0 Å². The number of carbonyl (C=O) groups excluding carboxylic acids is 1. The van der Waals surface area contributed by atoms with Gasteiger partial charge in [0.15, 0.2) is 0 Å². The van der Waals surface area contributed by atoms with Crippen LogP contribution < -0.4 is 0 Å². The molecule has 0 aliphatic carbocycles. The molecule has 3 rings (SSSR count). The molecule has 1 atom stereocenters. The monoisotopic (exact) mass is 315 g/mol. The summed E-state index contributed by atoms with van der Waals surface area (Å²) in [6, 6.07) is 4.33. The van der Waals surface area contributed by atoms with Crippen LogP contribution in [0.4, 0.5) is 0 Å². The van der Waals surface area contributed by atoms with Crippen molar-refractivity contribution in [1.82, 2.24) is 14.6 Å². The Balaban J connectivity index is 1.92. The average molecular weight is 315 g/mol. The molecule has 3 heterocycles. The van der Waals surface area contributed by atoms with Gasteiger partial charge in [-0.2, -0.15) is 0 Å². The van der Waals surface area contributed by atoms with Gasteiger partial charge >= 0.3 is 0 Å². The molecule has 1 saturated heterocycles. The van der Waals surface area contributed by atoms with Crippen LogP contribution in [0.3, 0.4) is 0 Å². The lowest BCUT2D eigenvalue weighted by Gasteiger charge is -2.23. The normalized spacial score (nSPS) is 18.2. The van der Waals surface area contributed by atoms with Gasteiger partial charge in [0.25, 0.3) is 5.91 Å². The smallest absolute Gasteiger partial charge is 0.256 e. The van der Waals surface area contributed by atoms with E-state index in [0.717, 1.165) is 47.8 Å². The van der Waals surface area contributed by atoms with Crippen molar-refractivity contribution >= 4 is 5.91 Å². The highest BCUT2D eigenvalue weighted by molar-refractivity contribution is 5.96. The molecule has 5 nitrogen and oxygen atoms in total. The molecule has 0 radical (unpaired) electrons. The fourth-order valence-corrected chi connectivity index (χ4v) is 3.80. The van der Waals surface area contributed by atoms with Crippen LogP contribution in [0.2, 0.25) is 0 Å². The molecule has 0 spiro atoms. The lowest BCUT2D eigenvalue weighted by atomic mass is 10.1. The SMILES string of the molecule is Cc1cc([C@H]2CCCN2C(=O)c2cc(C)n(C(C)C)c2C)no1. The van der Waals surface area contributed by atoms with E-state index in [1.807, 2.05) is 30.9 Å². The molecule has 1 aliphatic heterocycles. The summed E-state index contributed by atoms with van der Waals surface area (Å²) in [5.41, 5.74) is 3.85. The summed E-state index contributed by atoms with van der Waals surface area (Å²) < 4.78 is 7.42. The van der Waals surface area contributed by atoms with Crippen molar-refractivity contribution < 1.29 is 9.32 Å². The fourth-order valence-electron chi connectivity index (χ4n) is 3.80. The molecular weight excluding hydrogens is 290 g/mol. The minimum absolute atomic E-state index is 0.0297. The van der Waals surface area contributed by atoms with Crippen LogP contribution in [-0.2, 0) is 0 Å². The van der Waals surface area contributed by atoms with E-state index < -0.39 is 0 Å². The summed E-state index contributed by atoms with van der Waals surface area (Å²) in [6.07, 6.45) is 1.95. The van der Waals surface area contributed by atoms with Crippen molar-refractivity contribution in [3.8, 4) is 0 Å². The van der Waals surface area contributed by atoms with E-state index in [1.54, 1.807) is 0 Å². The molecule has 5 heteroatoms. The Kier molecular flexibility index (Phi) is 4.04. The highest BCUT2D eigenvalue weighted by Crippen LogP contribution is 2.34. The van der Waals surface area contributed by atoms with Gasteiger partial charge in [-0.3, -0.25) is 4.79 Å². The number of rotatable bonds is 3. The number of nitrogens with zero attached hydrogens (tertiary/aromatic N) is 3. The van der Waals surface area contributed by atoms with Gasteiger partial charge in [0.1, 0.15) is 11.5 Å². The first kappa shape index (κ1) is 15.8. The highest BCUT2D eigenvalue weighted by Gasteiger charge is 2.34. The Labute approximate surface area is 137 Å². The first-order valence-electron chi connectivity index (χ1n) is 8.32. The zero-order chi connectivity index (χ0) is 16.7. The molecule has 1 aliphatic rings. The highest BCUT2D eigenvalue weighted by atomic mass is 16.5. The summed E-state index contributed by atoms with van der Waals surface area (Å²) in [5, 5.41) is 4.12. The molecule has 2 aromatic rings. The van der Waals surface area contributed by atoms with E-state index in [4.69, 9.17) is 4.52 Å². The van der Waals surface area contributed by atoms with Crippen molar-refractivity contribution in [3.05, 3.63) is 40.5 Å². The average Bonchev–Trinajstić information content (AvgIpc) is 3.16. The maximum Gasteiger partial charge on any atom is 0.256 e. The number of carbonyl (C=O) groups is 1. The lowest BCUT2D eigenvalue weighted by molar-refractivity contribution is 0.0730. The second-order valence-electron chi connectivity index (χ2n) is 6.77. The van der Waals surface area contributed by atoms with E-state index in [1.165, 1.54) is 0 Å². The van der Waals surface area contributed by atoms with Crippen LogP contribution in [0, 0.1) is 20.8 Å². The van der Waals surface area contributed by atoms with E-state index in [9.17, 15) is 4.79 Å². The van der Waals surface area contributed by atoms with Gasteiger partial charge in [-0.1, -0.05) is 5.16 Å². The number of hydrogen-bond donors (Lipinski definition) is 0. The molecule has 0 aromatic carbocycles. The Morgan fingerprint density at radius 3 is 2.61 bits per heavy atom. The third-order valence-electron chi connectivity index (χ3n) is 4.73. The summed E-state index contributed by atoms with van der Waals surface area (Å²) in [5.74, 6) is 0.894. The van der Waals surface area contributed by atoms with E-state index in [-0.39, 0.29) is 11.9 Å². The lowest BCUT2D eigenvalue weighted by Crippen LogP contribution is -2.31. The predicted molar refractivity (Wildman–Crippen MR) is 88.5 cm³/mol. The number of hydrogen-bond acceptors (Lipinski definition) is 3. The van der Waals surface area contributed by atoms with E-state index >= 15 is 0 Å². The number of aromatic nitrogens is 2. The summed E-state index contributed by atoms with van der Waals surface area (Å²) in [7, 11) is 0. The number of amides is 1. The molecule has 2 aromatic heterocycles. The van der Waals surface area contributed by atoms with Gasteiger partial charge in [-0.25, -0.2) is 0 Å². The Morgan fingerprint density at radius 2 is 2.04 bits per heavy atom. The second kappa shape index (κ2) is 5.87. The topological polar surface area (TPSA) is 51.3 Å². The van der Waals surface area contributed by atoms with Crippen molar-refractivity contribution in [3.63, 3.8) is 0 Å². The Bertz CT molecular complexity index is 727. The molecule has 124 valence electrons. The maximum absolute atomic E-state index is 13.1. The first-order chi connectivity index (χ1) is 10.9. The van der Waals surface area contributed by atoms with Crippen LogP contribution in [0.25, 0.3) is 0 Å². The molecule has 1 amide bonds. The van der Waals surface area contributed by atoms with Gasteiger partial charge < -0.3 is 14.0 Å². The first-order valence-corrected chi connectivity index (χ1v) is 8.32. The quantitative estimate of drug-likeness (QED) is 0.861. The summed E-state index contributed by atoms with van der Waals surface area (Å²) in [6.45, 7) is 11.0. The zero-order valence-corrected chi connectivity index (χ0v) is 14.6. The fraction of sp³-hybridized carbons (Fsp3) is 0.556. The molecule has 0 N–H and O–H groups in total. The van der Waals surface area contributed by atoms with Crippen LogP contribution in [0.5, 0.6) is 0 Å². The predicted octanol–water partition coefficient (Wildman–Crippen LogP) is 3.96. The molecule has 0 unspecified atom stereocenters. The molecular formula is C18H25N3O2. The third-order valence-corrected chi connectivity index (χ3v) is 4.73. The van der Waals surface area contributed by atoms with Crippen molar-refractivity contribution in [2.24, 2.45) is 0 Å². The number of likely N-dealkylation sites (tertiary alicyclic amines) is 1.